The first kappa shape index (κ1) is 38.1. The van der Waals surface area contributed by atoms with E-state index in [0.29, 0.717) is 35.0 Å². The van der Waals surface area contributed by atoms with Crippen LogP contribution in [0.5, 0.6) is 5.75 Å². The number of nitriles is 1. The van der Waals surface area contributed by atoms with Gasteiger partial charge in [0.2, 0.25) is 11.5 Å². The second kappa shape index (κ2) is 16.5. The van der Waals surface area contributed by atoms with Crippen molar-refractivity contribution in [2.75, 3.05) is 0 Å². The van der Waals surface area contributed by atoms with Crippen molar-refractivity contribution < 1.29 is 37.8 Å². The number of ether oxygens (including phenoxy) is 1. The molecule has 4 aromatic carbocycles. The van der Waals surface area contributed by atoms with Gasteiger partial charge in [0.25, 0.3) is 8.32 Å². The molecule has 0 aliphatic rings. The maximum atomic E-state index is 11.2. The Balaban J connectivity index is 0.000000206. The predicted octanol–water partition coefficient (Wildman–Crippen LogP) is 8.77. The highest BCUT2D eigenvalue weighted by Gasteiger charge is 2.50. The second-order valence-corrected chi connectivity index (χ2v) is 17.8. The zero-order valence-corrected chi connectivity index (χ0v) is 31.3. The van der Waals surface area contributed by atoms with E-state index >= 15 is 0 Å². The van der Waals surface area contributed by atoms with Gasteiger partial charge in [-0.05, 0) is 76.8 Å². The van der Waals surface area contributed by atoms with E-state index in [0.717, 1.165) is 16.7 Å². The number of nitrogens with zero attached hydrogens (tertiary/aromatic N) is 1. The number of furan rings is 2. The topological polar surface area (TPSA) is 143 Å². The minimum absolute atomic E-state index is 0.0569. The SMILES string of the molecule is Cc1oc(C(=O)O)cc1CO[Si](c1ccccc1)(c1ccccc1)C(C)(C)C.Cc1oc(C(=O)O)cc1COc1ccc(-c2ccc(C#N)cc2)cc1. The summed E-state index contributed by atoms with van der Waals surface area (Å²) in [5.41, 5.74) is 4.13. The molecule has 0 fully saturated rings. The van der Waals surface area contributed by atoms with E-state index in [4.69, 9.17) is 28.4 Å². The van der Waals surface area contributed by atoms with Gasteiger partial charge in [-0.1, -0.05) is 106 Å². The molecule has 0 amide bonds. The number of carbonyl (C=O) groups is 2. The average molecular weight is 728 g/mol. The van der Waals surface area contributed by atoms with E-state index in [9.17, 15) is 14.7 Å². The van der Waals surface area contributed by atoms with Crippen LogP contribution in [0, 0.1) is 25.2 Å². The lowest BCUT2D eigenvalue weighted by molar-refractivity contribution is 0.0651. The lowest BCUT2D eigenvalue weighted by Crippen LogP contribution is -2.66. The lowest BCUT2D eigenvalue weighted by Gasteiger charge is -2.43. The van der Waals surface area contributed by atoms with E-state index in [1.807, 2.05) is 72.8 Å². The predicted molar refractivity (Wildman–Crippen MR) is 204 cm³/mol. The van der Waals surface area contributed by atoms with Crippen LogP contribution in [0.3, 0.4) is 0 Å². The summed E-state index contributed by atoms with van der Waals surface area (Å²) in [5.74, 6) is -0.525. The molecule has 10 heteroatoms. The van der Waals surface area contributed by atoms with E-state index in [1.54, 1.807) is 32.0 Å². The maximum absolute atomic E-state index is 11.2. The van der Waals surface area contributed by atoms with Gasteiger partial charge < -0.3 is 28.2 Å². The normalized spacial score (nSPS) is 11.2. The van der Waals surface area contributed by atoms with E-state index in [-0.39, 0.29) is 23.2 Å². The third kappa shape index (κ3) is 8.84. The molecule has 53 heavy (non-hydrogen) atoms. The molecule has 0 radical (unpaired) electrons. The highest BCUT2D eigenvalue weighted by molar-refractivity contribution is 6.99. The molecule has 0 bridgehead atoms. The third-order valence-corrected chi connectivity index (χ3v) is 13.9. The molecule has 0 spiro atoms. The number of hydrogen-bond donors (Lipinski definition) is 2. The molecule has 0 saturated carbocycles. The van der Waals surface area contributed by atoms with Crippen LogP contribution in [-0.4, -0.2) is 30.5 Å². The van der Waals surface area contributed by atoms with Gasteiger partial charge in [-0.2, -0.15) is 5.26 Å². The van der Waals surface area contributed by atoms with Crippen molar-refractivity contribution in [3.8, 4) is 22.9 Å². The van der Waals surface area contributed by atoms with Crippen LogP contribution >= 0.6 is 0 Å². The Labute approximate surface area is 309 Å². The fraction of sp³-hybridized carbons (Fsp3) is 0.186. The van der Waals surface area contributed by atoms with Crippen LogP contribution in [0.1, 0.15) is 70.1 Å². The van der Waals surface area contributed by atoms with Crippen molar-refractivity contribution in [1.82, 2.24) is 0 Å². The Morgan fingerprint density at radius 2 is 1.11 bits per heavy atom. The van der Waals surface area contributed by atoms with Gasteiger partial charge in [-0.15, -0.1) is 0 Å². The first-order valence-corrected chi connectivity index (χ1v) is 18.9. The van der Waals surface area contributed by atoms with Crippen molar-refractivity contribution >= 4 is 30.6 Å². The van der Waals surface area contributed by atoms with Crippen molar-refractivity contribution in [3.05, 3.63) is 161 Å². The maximum Gasteiger partial charge on any atom is 0.371 e. The fourth-order valence-electron chi connectivity index (χ4n) is 6.13. The van der Waals surface area contributed by atoms with E-state index < -0.39 is 20.3 Å². The molecule has 9 nitrogen and oxygen atoms in total. The summed E-state index contributed by atoms with van der Waals surface area (Å²) in [6.07, 6.45) is 0. The smallest absolute Gasteiger partial charge is 0.371 e. The van der Waals surface area contributed by atoms with Gasteiger partial charge in [-0.3, -0.25) is 0 Å². The molecular weight excluding hydrogens is 687 g/mol. The Hall–Kier alpha value is -6.15. The van der Waals surface area contributed by atoms with E-state index in [2.05, 4.69) is 51.1 Å². The Kier molecular flexibility index (Phi) is 11.8. The standard InChI is InChI=1S/C23H26O4Si.C20H15NO4/c1-17-18(15-21(27-17)22(24)25)16-26-28(23(2,3)4,19-11-7-5-8-12-19)20-13-9-6-10-14-20;1-13-17(10-19(25-13)20(22)23)12-24-18-8-6-16(7-9-18)15-4-2-14(11-21)3-5-15/h5-15H,16H2,1-4H3,(H,24,25);2-10H,12H2,1H3,(H,22,23). The van der Waals surface area contributed by atoms with Crippen LogP contribution in [0.2, 0.25) is 5.04 Å². The van der Waals surface area contributed by atoms with Gasteiger partial charge in [0, 0.05) is 11.1 Å². The number of rotatable bonds is 11. The number of aromatic carboxylic acids is 2. The van der Waals surface area contributed by atoms with Crippen LogP contribution in [0.15, 0.2) is 130 Å². The quantitative estimate of drug-likeness (QED) is 0.125. The first-order valence-electron chi connectivity index (χ1n) is 17.0. The molecule has 6 aromatic rings. The minimum atomic E-state index is -2.66. The number of carboxylic acids is 2. The van der Waals surface area contributed by atoms with Gasteiger partial charge in [0.15, 0.2) is 0 Å². The summed E-state index contributed by atoms with van der Waals surface area (Å²) < 4.78 is 23.0. The van der Waals surface area contributed by atoms with Gasteiger partial charge >= 0.3 is 11.9 Å². The van der Waals surface area contributed by atoms with Gasteiger partial charge in [-0.25, -0.2) is 9.59 Å². The Morgan fingerprint density at radius 1 is 0.679 bits per heavy atom. The largest absolute Gasteiger partial charge is 0.489 e. The molecule has 0 atom stereocenters. The Morgan fingerprint density at radius 3 is 1.51 bits per heavy atom. The summed E-state index contributed by atoms with van der Waals surface area (Å²) >= 11 is 0. The lowest BCUT2D eigenvalue weighted by atomic mass is 10.0. The van der Waals surface area contributed by atoms with Crippen molar-refractivity contribution in [2.45, 2.75) is 52.9 Å². The summed E-state index contributed by atoms with van der Waals surface area (Å²) in [6.45, 7) is 10.7. The monoisotopic (exact) mass is 727 g/mol. The number of hydrogen-bond acceptors (Lipinski definition) is 7. The second-order valence-electron chi connectivity index (χ2n) is 13.4. The zero-order valence-electron chi connectivity index (χ0n) is 30.3. The first-order chi connectivity index (χ1) is 25.3. The molecule has 2 N–H and O–H groups in total. The summed E-state index contributed by atoms with van der Waals surface area (Å²) in [7, 11) is -2.66. The van der Waals surface area contributed by atoms with Crippen molar-refractivity contribution in [2.24, 2.45) is 0 Å². The Bertz CT molecular complexity index is 2150. The average Bonchev–Trinajstić information content (AvgIpc) is 3.73. The summed E-state index contributed by atoms with van der Waals surface area (Å²) in [4.78, 5) is 22.1. The molecule has 0 aliphatic carbocycles. The molecule has 0 unspecified atom stereocenters. The van der Waals surface area contributed by atoms with Crippen LogP contribution in [0.4, 0.5) is 0 Å². The molecule has 2 heterocycles. The van der Waals surface area contributed by atoms with Crippen LogP contribution < -0.4 is 15.1 Å². The molecular formula is C43H41NO8Si. The molecule has 270 valence electrons. The van der Waals surface area contributed by atoms with E-state index in [1.165, 1.54) is 16.4 Å². The zero-order chi connectivity index (χ0) is 38.2. The highest BCUT2D eigenvalue weighted by Crippen LogP contribution is 2.37. The summed E-state index contributed by atoms with van der Waals surface area (Å²) in [6, 6.07) is 40.8. The molecule has 0 aliphatic heterocycles. The van der Waals surface area contributed by atoms with Gasteiger partial charge in [0.05, 0.1) is 18.2 Å². The highest BCUT2D eigenvalue weighted by atomic mass is 28.4. The number of aryl methyl sites for hydroxylation is 2. The van der Waals surface area contributed by atoms with Gasteiger partial charge in [0.1, 0.15) is 23.9 Å². The van der Waals surface area contributed by atoms with Crippen molar-refractivity contribution in [1.29, 1.82) is 5.26 Å². The number of carboxylic acid groups (broad SMARTS) is 2. The van der Waals surface area contributed by atoms with Crippen LogP contribution in [0.25, 0.3) is 11.1 Å². The van der Waals surface area contributed by atoms with Crippen molar-refractivity contribution in [3.63, 3.8) is 0 Å². The fourth-order valence-corrected chi connectivity index (χ4v) is 10.7. The van der Waals surface area contributed by atoms with Crippen LogP contribution in [-0.2, 0) is 17.6 Å². The molecule has 0 saturated heterocycles. The molecule has 2 aromatic heterocycles. The third-order valence-electron chi connectivity index (χ3n) is 8.92. The molecule has 6 rings (SSSR count). The number of benzene rings is 4. The minimum Gasteiger partial charge on any atom is -0.489 e. The summed E-state index contributed by atoms with van der Waals surface area (Å²) in [5, 5.41) is 29.2.